The van der Waals surface area contributed by atoms with Crippen LogP contribution in [0.3, 0.4) is 0 Å². The summed E-state index contributed by atoms with van der Waals surface area (Å²) in [4.78, 5) is 24.4. The molecule has 1 N–H and O–H groups in total. The molecule has 2 aromatic carbocycles. The van der Waals surface area contributed by atoms with Crippen LogP contribution in [0, 0.1) is 11.8 Å². The van der Waals surface area contributed by atoms with Gasteiger partial charge in [0.2, 0.25) is 5.91 Å². The second kappa shape index (κ2) is 10.2. The van der Waals surface area contributed by atoms with Gasteiger partial charge >= 0.3 is 5.97 Å². The molecule has 3 atom stereocenters. The average Bonchev–Trinajstić information content (AvgIpc) is 3.57. The van der Waals surface area contributed by atoms with Gasteiger partial charge < -0.3 is 14.5 Å². The van der Waals surface area contributed by atoms with Crippen molar-refractivity contribution < 1.29 is 18.8 Å². The standard InChI is InChI=1S/C25H33NO4SSi/c1-25(2,3)32(19-11-7-5-8-12-19,20-13-9-6-10-14-20)30-16-18-15-21(18)23(27)26-22(17-31)24(28)29-4/h5-14,18,21-22,31H,15-17H2,1-4H3,(H,26,27)/t18-,21-,22+/m1/s1. The van der Waals surface area contributed by atoms with Gasteiger partial charge in [0.15, 0.2) is 0 Å². The predicted molar refractivity (Wildman–Crippen MR) is 133 cm³/mol. The van der Waals surface area contributed by atoms with E-state index in [9.17, 15) is 9.59 Å². The van der Waals surface area contributed by atoms with Crippen LogP contribution in [-0.2, 0) is 18.8 Å². The number of carbonyl (C=O) groups excluding carboxylic acids is 2. The van der Waals surface area contributed by atoms with E-state index < -0.39 is 20.3 Å². The minimum atomic E-state index is -2.62. The highest BCUT2D eigenvalue weighted by Gasteiger charge is 2.52. The fourth-order valence-corrected chi connectivity index (χ4v) is 9.21. The fourth-order valence-electron chi connectivity index (χ4n) is 4.35. The molecule has 2 aromatic rings. The van der Waals surface area contributed by atoms with Crippen LogP contribution in [-0.4, -0.2) is 45.7 Å². The van der Waals surface area contributed by atoms with Crippen molar-refractivity contribution in [2.75, 3.05) is 19.5 Å². The summed E-state index contributed by atoms with van der Waals surface area (Å²) in [5.41, 5.74) is 0. The van der Waals surface area contributed by atoms with Crippen LogP contribution < -0.4 is 15.7 Å². The van der Waals surface area contributed by atoms with Gasteiger partial charge in [-0.3, -0.25) is 4.79 Å². The number of rotatable bonds is 9. The van der Waals surface area contributed by atoms with Gasteiger partial charge in [-0.25, -0.2) is 4.79 Å². The lowest BCUT2D eigenvalue weighted by atomic mass is 10.2. The number of hydrogen-bond donors (Lipinski definition) is 2. The molecule has 1 aliphatic rings. The minimum Gasteiger partial charge on any atom is -0.467 e. The molecule has 0 heterocycles. The van der Waals surface area contributed by atoms with Crippen LogP contribution in [0.2, 0.25) is 5.04 Å². The van der Waals surface area contributed by atoms with Crippen molar-refractivity contribution in [3.05, 3.63) is 60.7 Å². The Balaban J connectivity index is 1.79. The van der Waals surface area contributed by atoms with E-state index in [4.69, 9.17) is 9.16 Å². The first kappa shape index (κ1) is 24.5. The molecule has 1 aliphatic carbocycles. The molecule has 0 saturated heterocycles. The highest BCUT2D eigenvalue weighted by molar-refractivity contribution is 7.80. The minimum absolute atomic E-state index is 0.107. The van der Waals surface area contributed by atoms with E-state index in [1.165, 1.54) is 17.5 Å². The molecule has 7 heteroatoms. The molecule has 0 spiro atoms. The Morgan fingerprint density at radius 1 is 1.06 bits per heavy atom. The van der Waals surface area contributed by atoms with Crippen LogP contribution in [0.5, 0.6) is 0 Å². The van der Waals surface area contributed by atoms with Crippen LogP contribution in [0.25, 0.3) is 0 Å². The zero-order valence-corrected chi connectivity index (χ0v) is 21.1. The summed E-state index contributed by atoms with van der Waals surface area (Å²) < 4.78 is 11.7. The molecular weight excluding hydrogens is 438 g/mol. The Morgan fingerprint density at radius 3 is 2.03 bits per heavy atom. The number of methoxy groups -OCH3 is 1. The normalized spacial score (nSPS) is 19.2. The molecule has 0 radical (unpaired) electrons. The Labute approximate surface area is 197 Å². The van der Waals surface area contributed by atoms with Gasteiger partial charge in [-0.2, -0.15) is 12.6 Å². The summed E-state index contributed by atoms with van der Waals surface area (Å²) in [5, 5.41) is 5.11. The monoisotopic (exact) mass is 471 g/mol. The van der Waals surface area contributed by atoms with Crippen LogP contribution in [0.4, 0.5) is 0 Å². The van der Waals surface area contributed by atoms with E-state index in [1.807, 2.05) is 12.1 Å². The molecule has 0 aromatic heterocycles. The van der Waals surface area contributed by atoms with Gasteiger partial charge in [0, 0.05) is 18.3 Å². The molecule has 0 unspecified atom stereocenters. The number of esters is 1. The maximum absolute atomic E-state index is 12.7. The Kier molecular flexibility index (Phi) is 7.85. The number of benzene rings is 2. The van der Waals surface area contributed by atoms with Gasteiger partial charge in [0.25, 0.3) is 8.32 Å². The van der Waals surface area contributed by atoms with Gasteiger partial charge in [-0.15, -0.1) is 0 Å². The molecule has 5 nitrogen and oxygen atoms in total. The summed E-state index contributed by atoms with van der Waals surface area (Å²) >= 11 is 4.15. The predicted octanol–water partition coefficient (Wildman–Crippen LogP) is 2.79. The summed E-state index contributed by atoms with van der Waals surface area (Å²) in [5.74, 6) is -0.427. The van der Waals surface area contributed by atoms with Gasteiger partial charge in [0.05, 0.1) is 7.11 Å². The van der Waals surface area contributed by atoms with Crippen molar-refractivity contribution in [1.29, 1.82) is 0 Å². The van der Waals surface area contributed by atoms with E-state index in [0.717, 1.165) is 6.42 Å². The zero-order chi connectivity index (χ0) is 23.4. The lowest BCUT2D eigenvalue weighted by molar-refractivity contribution is -0.144. The maximum Gasteiger partial charge on any atom is 0.329 e. The Hall–Kier alpha value is -2.09. The first-order valence-electron chi connectivity index (χ1n) is 11.0. The van der Waals surface area contributed by atoms with E-state index in [1.54, 1.807) is 0 Å². The van der Waals surface area contributed by atoms with Gasteiger partial charge in [-0.05, 0) is 27.8 Å². The van der Waals surface area contributed by atoms with E-state index in [0.29, 0.717) is 6.61 Å². The first-order valence-corrected chi connectivity index (χ1v) is 13.5. The topological polar surface area (TPSA) is 64.6 Å². The Bertz CT molecular complexity index is 877. The summed E-state index contributed by atoms with van der Waals surface area (Å²) in [6, 6.07) is 20.2. The van der Waals surface area contributed by atoms with E-state index in [2.05, 4.69) is 87.2 Å². The molecule has 3 rings (SSSR count). The second-order valence-electron chi connectivity index (χ2n) is 9.34. The summed E-state index contributed by atoms with van der Waals surface area (Å²) in [6.45, 7) is 7.23. The van der Waals surface area contributed by atoms with E-state index in [-0.39, 0.29) is 28.5 Å². The third kappa shape index (κ3) is 5.11. The first-order chi connectivity index (χ1) is 15.2. The average molecular weight is 472 g/mol. The maximum atomic E-state index is 12.7. The van der Waals surface area contributed by atoms with Crippen LogP contribution in [0.15, 0.2) is 60.7 Å². The fraction of sp³-hybridized carbons (Fsp3) is 0.440. The number of amides is 1. The van der Waals surface area contributed by atoms with Gasteiger partial charge in [0.1, 0.15) is 6.04 Å². The van der Waals surface area contributed by atoms with Crippen molar-refractivity contribution in [3.8, 4) is 0 Å². The highest BCUT2D eigenvalue weighted by atomic mass is 32.1. The number of nitrogens with one attached hydrogen (secondary N) is 1. The third-order valence-electron chi connectivity index (χ3n) is 6.17. The SMILES string of the molecule is COC(=O)[C@H](CS)NC(=O)[C@@H]1C[C@@H]1CO[Si](c1ccccc1)(c1ccccc1)C(C)(C)C. The molecule has 1 amide bonds. The van der Waals surface area contributed by atoms with Crippen LogP contribution in [0.1, 0.15) is 27.2 Å². The van der Waals surface area contributed by atoms with Crippen molar-refractivity contribution in [2.24, 2.45) is 11.8 Å². The smallest absolute Gasteiger partial charge is 0.329 e. The van der Waals surface area contributed by atoms with E-state index >= 15 is 0 Å². The highest BCUT2D eigenvalue weighted by Crippen LogP contribution is 2.42. The van der Waals surface area contributed by atoms with Crippen LogP contribution >= 0.6 is 12.6 Å². The molecule has 32 heavy (non-hydrogen) atoms. The third-order valence-corrected chi connectivity index (χ3v) is 11.5. The van der Waals surface area contributed by atoms with Crippen molar-refractivity contribution >= 4 is 43.2 Å². The molecule has 172 valence electrons. The quantitative estimate of drug-likeness (QED) is 0.335. The van der Waals surface area contributed by atoms with Crippen molar-refractivity contribution in [3.63, 3.8) is 0 Å². The number of ether oxygens (including phenoxy) is 1. The second-order valence-corrected chi connectivity index (χ2v) is 14.0. The number of thiol groups is 1. The Morgan fingerprint density at radius 2 is 1.59 bits per heavy atom. The summed E-state index contributed by atoms with van der Waals surface area (Å²) in [6.07, 6.45) is 0.754. The molecule has 1 saturated carbocycles. The lowest BCUT2D eigenvalue weighted by Crippen LogP contribution is -2.66. The number of carbonyl (C=O) groups is 2. The molecule has 0 aliphatic heterocycles. The molecule has 1 fully saturated rings. The molecule has 0 bridgehead atoms. The van der Waals surface area contributed by atoms with Crippen molar-refractivity contribution in [1.82, 2.24) is 5.32 Å². The largest absolute Gasteiger partial charge is 0.467 e. The van der Waals surface area contributed by atoms with Gasteiger partial charge in [-0.1, -0.05) is 81.4 Å². The molecular formula is C25H33NO4SSi. The summed E-state index contributed by atoms with van der Waals surface area (Å²) in [7, 11) is -1.31. The lowest BCUT2D eigenvalue weighted by Gasteiger charge is -2.43. The number of hydrogen-bond acceptors (Lipinski definition) is 5. The zero-order valence-electron chi connectivity index (χ0n) is 19.2. The van der Waals surface area contributed by atoms with Crippen molar-refractivity contribution in [2.45, 2.75) is 38.3 Å².